The first-order valence-electron chi connectivity index (χ1n) is 9.56. The van der Waals surface area contributed by atoms with E-state index in [1.54, 1.807) is 0 Å². The van der Waals surface area contributed by atoms with Gasteiger partial charge in [-0.25, -0.2) is 0 Å². The van der Waals surface area contributed by atoms with Crippen molar-refractivity contribution in [2.24, 2.45) is 29.4 Å². The van der Waals surface area contributed by atoms with Crippen LogP contribution in [0.3, 0.4) is 0 Å². The summed E-state index contributed by atoms with van der Waals surface area (Å²) in [6, 6.07) is 0. The standard InChI is InChI=1S/C19H33NO2S2/c1-2-14-10-23-11-15-5-3-4-6-16(15)12-24-13-17(19(22)9-20)7-8-18(14)21/h14-17H,2-13,20H2,1H3/t14-,15+,16+,17-/m0/s1. The van der Waals surface area contributed by atoms with Gasteiger partial charge in [-0.2, -0.15) is 23.5 Å². The first-order chi connectivity index (χ1) is 11.7. The lowest BCUT2D eigenvalue weighted by atomic mass is 9.81. The minimum absolute atomic E-state index is 0.0306. The summed E-state index contributed by atoms with van der Waals surface area (Å²) in [5.74, 6) is 6.39. The number of carbonyl (C=O) groups is 2. The number of nitrogens with two attached hydrogens (primary N) is 1. The maximum Gasteiger partial charge on any atom is 0.150 e. The molecule has 2 fully saturated rings. The summed E-state index contributed by atoms with van der Waals surface area (Å²) in [4.78, 5) is 24.7. The number of rotatable bonds is 3. The van der Waals surface area contributed by atoms with Crippen molar-refractivity contribution in [3.63, 3.8) is 0 Å². The lowest BCUT2D eigenvalue weighted by Crippen LogP contribution is -2.27. The van der Waals surface area contributed by atoms with E-state index < -0.39 is 0 Å². The van der Waals surface area contributed by atoms with E-state index in [4.69, 9.17) is 5.73 Å². The molecule has 138 valence electrons. The van der Waals surface area contributed by atoms with Crippen molar-refractivity contribution in [2.75, 3.05) is 29.6 Å². The Morgan fingerprint density at radius 1 is 1.04 bits per heavy atom. The molecule has 3 nitrogen and oxygen atoms in total. The van der Waals surface area contributed by atoms with Gasteiger partial charge in [0.2, 0.25) is 0 Å². The van der Waals surface area contributed by atoms with Crippen LogP contribution in [0.1, 0.15) is 51.9 Å². The van der Waals surface area contributed by atoms with Gasteiger partial charge in [0, 0.05) is 29.8 Å². The van der Waals surface area contributed by atoms with Crippen LogP contribution in [-0.4, -0.2) is 41.1 Å². The Morgan fingerprint density at radius 2 is 1.67 bits per heavy atom. The van der Waals surface area contributed by atoms with Gasteiger partial charge in [-0.15, -0.1) is 0 Å². The van der Waals surface area contributed by atoms with E-state index in [2.05, 4.69) is 6.92 Å². The van der Waals surface area contributed by atoms with Crippen molar-refractivity contribution in [1.29, 1.82) is 0 Å². The van der Waals surface area contributed by atoms with Gasteiger partial charge in [0.15, 0.2) is 0 Å². The van der Waals surface area contributed by atoms with Crippen LogP contribution < -0.4 is 5.73 Å². The highest BCUT2D eigenvalue weighted by atomic mass is 32.2. The second kappa shape index (κ2) is 10.9. The Morgan fingerprint density at radius 3 is 2.25 bits per heavy atom. The predicted octanol–water partition coefficient (Wildman–Crippen LogP) is 3.79. The van der Waals surface area contributed by atoms with E-state index in [0.29, 0.717) is 18.6 Å². The van der Waals surface area contributed by atoms with Crippen LogP contribution in [0.2, 0.25) is 0 Å². The zero-order valence-corrected chi connectivity index (χ0v) is 16.6. The van der Waals surface area contributed by atoms with Crippen LogP contribution in [0.15, 0.2) is 0 Å². The molecule has 24 heavy (non-hydrogen) atoms. The second-order valence-corrected chi connectivity index (χ2v) is 9.51. The molecule has 0 unspecified atom stereocenters. The molecule has 2 rings (SSSR count). The number of thioether (sulfide) groups is 2. The summed E-state index contributed by atoms with van der Waals surface area (Å²) < 4.78 is 0. The van der Waals surface area contributed by atoms with Crippen molar-refractivity contribution in [3.05, 3.63) is 0 Å². The van der Waals surface area contributed by atoms with E-state index >= 15 is 0 Å². The van der Waals surface area contributed by atoms with Gasteiger partial charge < -0.3 is 5.73 Å². The van der Waals surface area contributed by atoms with Crippen molar-refractivity contribution in [1.82, 2.24) is 0 Å². The van der Waals surface area contributed by atoms with Crippen molar-refractivity contribution in [2.45, 2.75) is 51.9 Å². The molecule has 1 saturated carbocycles. The Hall–Kier alpha value is -0.0000000000000000555. The van der Waals surface area contributed by atoms with Gasteiger partial charge in [-0.3, -0.25) is 9.59 Å². The molecule has 1 heterocycles. The Kier molecular flexibility index (Phi) is 9.20. The number of hydrogen-bond acceptors (Lipinski definition) is 5. The highest BCUT2D eigenvalue weighted by Crippen LogP contribution is 2.36. The quantitative estimate of drug-likeness (QED) is 0.818. The summed E-state index contributed by atoms with van der Waals surface area (Å²) in [6.45, 7) is 2.22. The molecule has 0 aromatic carbocycles. The van der Waals surface area contributed by atoms with E-state index in [9.17, 15) is 9.59 Å². The third kappa shape index (κ3) is 6.06. The van der Waals surface area contributed by atoms with Crippen molar-refractivity contribution < 1.29 is 9.59 Å². The molecule has 0 amide bonds. The van der Waals surface area contributed by atoms with Gasteiger partial charge in [-0.1, -0.05) is 19.8 Å². The van der Waals surface area contributed by atoms with Crippen molar-refractivity contribution >= 4 is 35.1 Å². The number of carbonyl (C=O) groups excluding carboxylic acids is 2. The van der Waals surface area contributed by atoms with Gasteiger partial charge in [0.1, 0.15) is 11.6 Å². The lowest BCUT2D eigenvalue weighted by Gasteiger charge is -2.31. The maximum absolute atomic E-state index is 12.5. The molecular formula is C19H33NO2S2. The predicted molar refractivity (Wildman–Crippen MR) is 106 cm³/mol. The third-order valence-corrected chi connectivity index (χ3v) is 8.32. The monoisotopic (exact) mass is 371 g/mol. The first-order valence-corrected chi connectivity index (χ1v) is 11.9. The Labute approximate surface area is 155 Å². The number of Topliss-reactive ketones (excluding diaryl/α,β-unsaturated/α-hetero) is 2. The molecule has 0 radical (unpaired) electrons. The molecule has 0 aromatic heterocycles. The molecule has 0 spiro atoms. The topological polar surface area (TPSA) is 60.2 Å². The lowest BCUT2D eigenvalue weighted by molar-refractivity contribution is -0.123. The Balaban J connectivity index is 2.04. The summed E-state index contributed by atoms with van der Waals surface area (Å²) in [6.07, 6.45) is 7.55. The highest BCUT2D eigenvalue weighted by Gasteiger charge is 2.28. The fourth-order valence-electron chi connectivity index (χ4n) is 3.91. The summed E-state index contributed by atoms with van der Waals surface area (Å²) in [5.41, 5.74) is 5.59. The largest absolute Gasteiger partial charge is 0.324 e. The maximum atomic E-state index is 12.5. The number of hydrogen-bond donors (Lipinski definition) is 1. The molecule has 2 aliphatic rings. The van der Waals surface area contributed by atoms with Crippen LogP contribution in [0.5, 0.6) is 0 Å². The van der Waals surface area contributed by atoms with E-state index in [-0.39, 0.29) is 24.2 Å². The first kappa shape index (κ1) is 20.3. The van der Waals surface area contributed by atoms with Crippen LogP contribution in [0.25, 0.3) is 0 Å². The van der Waals surface area contributed by atoms with E-state index in [0.717, 1.165) is 29.8 Å². The second-order valence-electron chi connectivity index (χ2n) is 7.36. The minimum atomic E-state index is -0.0306. The smallest absolute Gasteiger partial charge is 0.150 e. The fourth-order valence-corrected chi connectivity index (χ4v) is 7.01. The molecular weight excluding hydrogens is 338 g/mol. The van der Waals surface area contributed by atoms with Crippen LogP contribution in [-0.2, 0) is 9.59 Å². The zero-order valence-electron chi connectivity index (χ0n) is 15.0. The van der Waals surface area contributed by atoms with Gasteiger partial charge in [-0.05, 0) is 49.0 Å². The van der Waals surface area contributed by atoms with Crippen LogP contribution >= 0.6 is 23.5 Å². The highest BCUT2D eigenvalue weighted by molar-refractivity contribution is 7.99. The Bertz CT molecular complexity index is 416. The molecule has 0 aromatic rings. The van der Waals surface area contributed by atoms with Crippen LogP contribution in [0, 0.1) is 23.7 Å². The third-order valence-electron chi connectivity index (χ3n) is 5.71. The molecule has 4 atom stereocenters. The normalized spacial score (nSPS) is 33.7. The SMILES string of the molecule is CC[C@H]1CSC[C@H]2CCCC[C@@H]2CSC[C@@H](C(=O)CN)CCC1=O. The summed E-state index contributed by atoms with van der Waals surface area (Å²) in [7, 11) is 0. The molecule has 2 N–H and O–H groups in total. The van der Waals surface area contributed by atoms with E-state index in [1.165, 1.54) is 37.2 Å². The average molecular weight is 372 g/mol. The molecule has 1 aliphatic carbocycles. The molecule has 5 heteroatoms. The number of fused-ring (bicyclic) bond motifs is 1. The van der Waals surface area contributed by atoms with Crippen LogP contribution in [0.4, 0.5) is 0 Å². The number of ketones is 2. The fraction of sp³-hybridized carbons (Fsp3) is 0.895. The molecule has 0 bridgehead atoms. The molecule has 1 aliphatic heterocycles. The zero-order chi connectivity index (χ0) is 17.4. The minimum Gasteiger partial charge on any atom is -0.324 e. The van der Waals surface area contributed by atoms with Crippen molar-refractivity contribution in [3.8, 4) is 0 Å². The van der Waals surface area contributed by atoms with Gasteiger partial charge in [0.25, 0.3) is 0 Å². The average Bonchev–Trinajstić information content (AvgIpc) is 2.62. The van der Waals surface area contributed by atoms with E-state index in [1.807, 2.05) is 23.5 Å². The molecule has 1 saturated heterocycles. The summed E-state index contributed by atoms with van der Waals surface area (Å²) in [5, 5.41) is 0. The summed E-state index contributed by atoms with van der Waals surface area (Å²) >= 11 is 3.91. The van der Waals surface area contributed by atoms with Gasteiger partial charge in [0.05, 0.1) is 6.54 Å². The van der Waals surface area contributed by atoms with Gasteiger partial charge >= 0.3 is 0 Å².